The number of aromatic nitrogens is 2. The van der Waals surface area contributed by atoms with E-state index in [0.29, 0.717) is 50.5 Å². The summed E-state index contributed by atoms with van der Waals surface area (Å²) in [5.74, 6) is 0.331. The van der Waals surface area contributed by atoms with Crippen LogP contribution in [0.5, 0.6) is 0 Å². The lowest BCUT2D eigenvalue weighted by Crippen LogP contribution is -2.55. The minimum absolute atomic E-state index is 0.115. The maximum absolute atomic E-state index is 14.3. The smallest absolute Gasteiger partial charge is 0.380 e. The number of halogens is 3. The summed E-state index contributed by atoms with van der Waals surface area (Å²) in [7, 11) is 2.04. The van der Waals surface area contributed by atoms with Crippen molar-refractivity contribution >= 4 is 5.52 Å². The number of nitrogens with one attached hydrogen (secondary N) is 2. The number of hydrazine groups is 1. The number of rotatable bonds is 6. The number of pyridine rings is 1. The molecular formula is C29H40F3N7O2. The Labute approximate surface area is 238 Å². The Hall–Kier alpha value is -2.43. The lowest BCUT2D eigenvalue weighted by Gasteiger charge is -2.52. The first-order valence-electron chi connectivity index (χ1n) is 14.8. The molecule has 5 heterocycles. The molecule has 41 heavy (non-hydrogen) atoms. The summed E-state index contributed by atoms with van der Waals surface area (Å²) in [4.78, 5) is 18.1. The summed E-state index contributed by atoms with van der Waals surface area (Å²) < 4.78 is 51.3. The van der Waals surface area contributed by atoms with Crippen LogP contribution < -0.4 is 16.5 Å². The Balaban J connectivity index is 1.33. The molecule has 1 saturated carbocycles. The largest absolute Gasteiger partial charge is 0.418 e. The number of piperidine rings is 1. The molecule has 4 fully saturated rings. The van der Waals surface area contributed by atoms with Gasteiger partial charge in [-0.1, -0.05) is 6.92 Å². The number of likely N-dealkylation sites (tertiary alicyclic amines) is 1. The first-order valence-corrected chi connectivity index (χ1v) is 14.8. The third-order valence-electron chi connectivity index (χ3n) is 9.93. The Kier molecular flexibility index (Phi) is 7.70. The number of imidazole rings is 1. The summed E-state index contributed by atoms with van der Waals surface area (Å²) in [5.41, 5.74) is 5.43. The lowest BCUT2D eigenvalue weighted by atomic mass is 9.62. The van der Waals surface area contributed by atoms with Crippen LogP contribution in [0.3, 0.4) is 0 Å². The number of alkyl halides is 3. The van der Waals surface area contributed by atoms with E-state index in [1.165, 1.54) is 21.2 Å². The molecule has 1 aliphatic carbocycles. The number of nitriles is 1. The van der Waals surface area contributed by atoms with Gasteiger partial charge >= 0.3 is 11.9 Å². The number of hydrogen-bond donors (Lipinski definition) is 2. The topological polar surface area (TPSA) is 90.0 Å². The molecule has 9 nitrogen and oxygen atoms in total. The van der Waals surface area contributed by atoms with Crippen molar-refractivity contribution in [3.05, 3.63) is 40.1 Å². The fourth-order valence-corrected chi connectivity index (χ4v) is 7.63. The highest BCUT2D eigenvalue weighted by molar-refractivity contribution is 5.56. The van der Waals surface area contributed by atoms with Crippen LogP contribution in [-0.4, -0.2) is 65.0 Å². The zero-order chi connectivity index (χ0) is 28.9. The molecule has 224 valence electrons. The molecule has 2 aromatic rings. The van der Waals surface area contributed by atoms with Crippen LogP contribution in [0.25, 0.3) is 5.52 Å². The van der Waals surface area contributed by atoms with Gasteiger partial charge in [0.15, 0.2) is 0 Å². The van der Waals surface area contributed by atoms with Gasteiger partial charge in [0.1, 0.15) is 0 Å². The molecule has 0 bridgehead atoms. The van der Waals surface area contributed by atoms with Gasteiger partial charge in [0.2, 0.25) is 0 Å². The van der Waals surface area contributed by atoms with E-state index in [4.69, 9.17) is 4.74 Å². The van der Waals surface area contributed by atoms with Crippen LogP contribution in [0.2, 0.25) is 0 Å². The molecule has 3 saturated heterocycles. The van der Waals surface area contributed by atoms with Gasteiger partial charge in [-0.15, -0.1) is 0 Å². The lowest BCUT2D eigenvalue weighted by molar-refractivity contribution is -0.169. The van der Waals surface area contributed by atoms with Gasteiger partial charge in [0.25, 0.3) is 0 Å². The summed E-state index contributed by atoms with van der Waals surface area (Å²) in [6.07, 6.45) is 3.23. The van der Waals surface area contributed by atoms with E-state index in [0.717, 1.165) is 39.0 Å². The molecule has 2 N–H and O–H groups in total. The van der Waals surface area contributed by atoms with Crippen molar-refractivity contribution < 1.29 is 17.9 Å². The highest BCUT2D eigenvalue weighted by Gasteiger charge is 2.51. The first kappa shape index (κ1) is 28.7. The van der Waals surface area contributed by atoms with Gasteiger partial charge in [0, 0.05) is 42.9 Å². The van der Waals surface area contributed by atoms with Gasteiger partial charge in [0.05, 0.1) is 43.2 Å². The van der Waals surface area contributed by atoms with Crippen LogP contribution in [0.15, 0.2) is 23.3 Å². The van der Waals surface area contributed by atoms with Crippen LogP contribution >= 0.6 is 0 Å². The van der Waals surface area contributed by atoms with E-state index >= 15 is 0 Å². The van der Waals surface area contributed by atoms with E-state index in [-0.39, 0.29) is 35.0 Å². The Morgan fingerprint density at radius 3 is 2.66 bits per heavy atom. The van der Waals surface area contributed by atoms with Crippen molar-refractivity contribution in [2.45, 2.75) is 70.4 Å². The van der Waals surface area contributed by atoms with Crippen molar-refractivity contribution in [3.63, 3.8) is 0 Å². The Morgan fingerprint density at radius 1 is 1.22 bits per heavy atom. The van der Waals surface area contributed by atoms with Crippen LogP contribution in [0.4, 0.5) is 13.2 Å². The van der Waals surface area contributed by atoms with Gasteiger partial charge < -0.3 is 4.74 Å². The first-order chi connectivity index (χ1) is 19.6. The van der Waals surface area contributed by atoms with E-state index in [9.17, 15) is 23.2 Å². The average molecular weight is 576 g/mol. The predicted octanol–water partition coefficient (Wildman–Crippen LogP) is 3.56. The van der Waals surface area contributed by atoms with E-state index in [1.807, 2.05) is 7.05 Å². The second kappa shape index (κ2) is 11.0. The van der Waals surface area contributed by atoms with Gasteiger partial charge in [-0.2, -0.15) is 18.4 Å². The Bertz CT molecular complexity index is 1360. The monoisotopic (exact) mass is 575 g/mol. The van der Waals surface area contributed by atoms with Gasteiger partial charge in [-0.25, -0.2) is 15.6 Å². The molecule has 4 aliphatic rings. The van der Waals surface area contributed by atoms with Crippen molar-refractivity contribution in [3.8, 4) is 6.07 Å². The predicted molar refractivity (Wildman–Crippen MR) is 146 cm³/mol. The molecule has 6 rings (SSSR count). The SMILES string of the molecule is C[C@H]1CCCN(Cc2cc(C(F)(F)F)c3cn(C4CC(C#N)CC(C5(CC6NNCN6C)COC5)C4)c(=O)n3c2)C1. The molecule has 0 spiro atoms. The van der Waals surface area contributed by atoms with E-state index < -0.39 is 17.4 Å². The quantitative estimate of drug-likeness (QED) is 0.545. The fraction of sp³-hybridized carbons (Fsp3) is 0.724. The third-order valence-corrected chi connectivity index (χ3v) is 9.93. The van der Waals surface area contributed by atoms with Crippen molar-refractivity contribution in [2.24, 2.45) is 23.2 Å². The highest BCUT2D eigenvalue weighted by atomic mass is 19.4. The average Bonchev–Trinajstić information content (AvgIpc) is 3.47. The highest BCUT2D eigenvalue weighted by Crippen LogP contribution is 2.51. The summed E-state index contributed by atoms with van der Waals surface area (Å²) >= 11 is 0. The van der Waals surface area contributed by atoms with E-state index in [1.54, 1.807) is 6.20 Å². The molecular weight excluding hydrogens is 535 g/mol. The Morgan fingerprint density at radius 2 is 2.02 bits per heavy atom. The standard InChI is InChI=1S/C29H40F3N7O2/c1-19-4-3-5-37(12-19)13-21-8-24(29(30,31)32)25-15-38(27(40)39(25)14-21)23-7-20(11-33)6-22(9-23)28(16-41-17-28)10-26-35-34-18-36(26)2/h8,14-15,19-20,22-23,26,34-35H,3-7,9-10,12-13,16-18H2,1-2H3/t19-,20?,22?,23?,26?/m0/s1. The molecule has 0 aromatic carbocycles. The summed E-state index contributed by atoms with van der Waals surface area (Å²) in [5, 5.41) is 9.97. The number of hydrogen-bond acceptors (Lipinski definition) is 7. The van der Waals surface area contributed by atoms with Gasteiger partial charge in [-0.05, 0) is 75.6 Å². The van der Waals surface area contributed by atoms with Crippen LogP contribution in [-0.2, 0) is 17.5 Å². The molecule has 2 aromatic heterocycles. The minimum atomic E-state index is -4.60. The second-order valence-corrected chi connectivity index (χ2v) is 13.0. The molecule has 0 amide bonds. The maximum Gasteiger partial charge on any atom is 0.418 e. The second-order valence-electron chi connectivity index (χ2n) is 13.0. The summed E-state index contributed by atoms with van der Waals surface area (Å²) in [6, 6.07) is 3.27. The van der Waals surface area contributed by atoms with Crippen LogP contribution in [0.1, 0.15) is 62.6 Å². The normalized spacial score (nSPS) is 31.3. The van der Waals surface area contributed by atoms with Crippen LogP contribution in [0, 0.1) is 34.5 Å². The van der Waals surface area contributed by atoms with E-state index in [2.05, 4.69) is 33.6 Å². The summed E-state index contributed by atoms with van der Waals surface area (Å²) in [6.45, 7) is 6.10. The molecule has 5 atom stereocenters. The number of fused-ring (bicyclic) bond motifs is 1. The van der Waals surface area contributed by atoms with Gasteiger partial charge in [-0.3, -0.25) is 18.8 Å². The molecule has 12 heteroatoms. The minimum Gasteiger partial charge on any atom is -0.380 e. The molecule has 0 radical (unpaired) electrons. The molecule has 4 unspecified atom stereocenters. The zero-order valence-electron chi connectivity index (χ0n) is 23.8. The number of ether oxygens (including phenoxy) is 1. The molecule has 3 aliphatic heterocycles. The van der Waals surface area contributed by atoms with Crippen molar-refractivity contribution in [1.82, 2.24) is 29.6 Å². The zero-order valence-corrected chi connectivity index (χ0v) is 23.8. The third kappa shape index (κ3) is 5.55. The maximum atomic E-state index is 14.3. The fourth-order valence-electron chi connectivity index (χ4n) is 7.63. The van der Waals surface area contributed by atoms with Crippen molar-refractivity contribution in [1.29, 1.82) is 5.26 Å². The number of nitrogens with zero attached hydrogens (tertiary/aromatic N) is 5. The van der Waals surface area contributed by atoms with Crippen molar-refractivity contribution in [2.75, 3.05) is 40.0 Å².